The average Bonchev–Trinajstić information content (AvgIpc) is 2.76. The molecule has 80 valence electrons. The highest BCUT2D eigenvalue weighted by Crippen LogP contribution is 1.98. The van der Waals surface area contributed by atoms with Crippen LogP contribution in [0.5, 0.6) is 0 Å². The summed E-state index contributed by atoms with van der Waals surface area (Å²) < 4.78 is 25.7. The van der Waals surface area contributed by atoms with Gasteiger partial charge in [0.25, 0.3) is 10.0 Å². The fraction of sp³-hybridized carbons (Fsp3) is 0. The molecule has 2 aromatic heterocycles. The molecule has 2 heterocycles. The minimum Gasteiger partial charge on any atom is -0.473 e. The molecule has 0 aliphatic rings. The summed E-state index contributed by atoms with van der Waals surface area (Å²) in [6.07, 6.45) is 4.62. The van der Waals surface area contributed by atoms with E-state index in [1.807, 2.05) is 12.1 Å². The smallest absolute Gasteiger partial charge is 0.255 e. The third kappa shape index (κ3) is 4.39. The van der Waals surface area contributed by atoms with E-state index in [4.69, 9.17) is 5.14 Å². The van der Waals surface area contributed by atoms with Gasteiger partial charge in [-0.15, -0.1) is 0 Å². The number of pyridine rings is 1. The predicted molar refractivity (Wildman–Crippen MR) is 54.3 cm³/mol. The highest BCUT2D eigenvalue weighted by molar-refractivity contribution is 7.89. The minimum atomic E-state index is -3.61. The predicted octanol–water partition coefficient (Wildman–Crippen LogP) is 1.01. The van der Waals surface area contributed by atoms with Crippen LogP contribution in [0, 0.1) is 0 Å². The molecule has 2 N–H and O–H groups in total. The summed E-state index contributed by atoms with van der Waals surface area (Å²) >= 11 is 0. The normalized spacial score (nSPS) is 10.2. The number of hydrogen-bond donors (Lipinski definition) is 1. The van der Waals surface area contributed by atoms with Crippen molar-refractivity contribution in [3.05, 3.63) is 49.1 Å². The zero-order chi connectivity index (χ0) is 11.1. The fourth-order valence-corrected chi connectivity index (χ4v) is 1.22. The van der Waals surface area contributed by atoms with Gasteiger partial charge in [-0.3, -0.25) is 0 Å². The van der Waals surface area contributed by atoms with Crippen LogP contribution in [0.4, 0.5) is 0 Å². The molecule has 2 aromatic rings. The quantitative estimate of drug-likeness (QED) is 0.786. The SMILES string of the molecule is NS(=O)(=O)c1ccccn1.c1ccoc1. The lowest BCUT2D eigenvalue weighted by Gasteiger charge is -1.92. The summed E-state index contributed by atoms with van der Waals surface area (Å²) in [5.41, 5.74) is 0. The Morgan fingerprint density at radius 1 is 1.13 bits per heavy atom. The van der Waals surface area contributed by atoms with Gasteiger partial charge in [0.15, 0.2) is 5.03 Å². The number of hydrogen-bond acceptors (Lipinski definition) is 4. The number of primary sulfonamides is 1. The minimum absolute atomic E-state index is 0.102. The molecule has 15 heavy (non-hydrogen) atoms. The third-order valence-electron chi connectivity index (χ3n) is 1.35. The van der Waals surface area contributed by atoms with Crippen molar-refractivity contribution in [3.63, 3.8) is 0 Å². The van der Waals surface area contributed by atoms with E-state index in [1.165, 1.54) is 12.3 Å². The molecule has 0 radical (unpaired) electrons. The van der Waals surface area contributed by atoms with E-state index < -0.39 is 10.0 Å². The Bertz CT molecular complexity index is 448. The van der Waals surface area contributed by atoms with Crippen LogP contribution >= 0.6 is 0 Å². The van der Waals surface area contributed by atoms with Gasteiger partial charge in [-0.1, -0.05) is 6.07 Å². The van der Waals surface area contributed by atoms with Crippen LogP contribution in [-0.4, -0.2) is 13.4 Å². The van der Waals surface area contributed by atoms with Gasteiger partial charge in [-0.25, -0.2) is 18.5 Å². The second kappa shape index (κ2) is 5.28. The molecule has 0 aliphatic carbocycles. The Labute approximate surface area is 87.6 Å². The summed E-state index contributed by atoms with van der Waals surface area (Å²) in [6.45, 7) is 0. The van der Waals surface area contributed by atoms with Crippen molar-refractivity contribution in [2.45, 2.75) is 5.03 Å². The molecule has 6 heteroatoms. The summed E-state index contributed by atoms with van der Waals surface area (Å²) in [4.78, 5) is 3.54. The highest BCUT2D eigenvalue weighted by Gasteiger charge is 2.05. The van der Waals surface area contributed by atoms with Crippen LogP contribution in [-0.2, 0) is 10.0 Å². The van der Waals surface area contributed by atoms with Crippen molar-refractivity contribution in [3.8, 4) is 0 Å². The molecular weight excluding hydrogens is 216 g/mol. The van der Waals surface area contributed by atoms with Crippen LogP contribution in [0.15, 0.2) is 58.5 Å². The van der Waals surface area contributed by atoms with E-state index in [2.05, 4.69) is 9.40 Å². The number of nitrogens with two attached hydrogens (primary N) is 1. The lowest BCUT2D eigenvalue weighted by Crippen LogP contribution is -2.13. The first-order chi connectivity index (χ1) is 7.11. The largest absolute Gasteiger partial charge is 0.473 e. The lowest BCUT2D eigenvalue weighted by molar-refractivity contribution is 0.567. The zero-order valence-corrected chi connectivity index (χ0v) is 8.59. The molecule has 0 aliphatic heterocycles. The average molecular weight is 226 g/mol. The summed E-state index contributed by atoms with van der Waals surface area (Å²) in [7, 11) is -3.61. The molecule has 0 aromatic carbocycles. The number of furan rings is 1. The van der Waals surface area contributed by atoms with Crippen LogP contribution in [0.2, 0.25) is 0 Å². The topological polar surface area (TPSA) is 86.2 Å². The highest BCUT2D eigenvalue weighted by atomic mass is 32.2. The third-order valence-corrected chi connectivity index (χ3v) is 2.18. The molecule has 0 unspecified atom stereocenters. The van der Waals surface area contributed by atoms with Crippen LogP contribution < -0.4 is 5.14 Å². The fourth-order valence-electron chi connectivity index (χ4n) is 0.742. The van der Waals surface area contributed by atoms with Crippen molar-refractivity contribution >= 4 is 10.0 Å². The van der Waals surface area contributed by atoms with Crippen molar-refractivity contribution in [2.24, 2.45) is 5.14 Å². The van der Waals surface area contributed by atoms with Crippen molar-refractivity contribution in [2.75, 3.05) is 0 Å². The van der Waals surface area contributed by atoms with Crippen LogP contribution in [0.1, 0.15) is 0 Å². The van der Waals surface area contributed by atoms with Gasteiger partial charge in [-0.05, 0) is 24.3 Å². The summed E-state index contributed by atoms with van der Waals surface area (Å²) in [5.74, 6) is 0. The maximum atomic E-state index is 10.5. The molecular formula is C9H10N2O3S. The molecule has 0 saturated carbocycles. The monoisotopic (exact) mass is 226 g/mol. The van der Waals surface area contributed by atoms with Gasteiger partial charge in [0, 0.05) is 6.20 Å². The molecule has 2 rings (SSSR count). The number of nitrogens with zero attached hydrogens (tertiary/aromatic N) is 1. The standard InChI is InChI=1S/C5H6N2O2S.C4H4O/c6-10(8,9)5-3-1-2-4-7-5;1-2-4-5-3-1/h1-4H,(H2,6,8,9);1-4H. The van der Waals surface area contributed by atoms with E-state index in [-0.39, 0.29) is 5.03 Å². The van der Waals surface area contributed by atoms with E-state index in [9.17, 15) is 8.42 Å². The van der Waals surface area contributed by atoms with Crippen molar-refractivity contribution in [1.82, 2.24) is 4.98 Å². The first kappa shape index (κ1) is 11.4. The number of rotatable bonds is 1. The van der Waals surface area contributed by atoms with Gasteiger partial charge in [-0.2, -0.15) is 0 Å². The second-order valence-corrected chi connectivity index (χ2v) is 4.01. The van der Waals surface area contributed by atoms with E-state index >= 15 is 0 Å². The Morgan fingerprint density at radius 3 is 2.07 bits per heavy atom. The Balaban J connectivity index is 0.000000187. The summed E-state index contributed by atoms with van der Waals surface area (Å²) in [5, 5.41) is 4.66. The lowest BCUT2D eigenvalue weighted by atomic mass is 10.5. The molecule has 0 spiro atoms. The first-order valence-electron chi connectivity index (χ1n) is 4.02. The Hall–Kier alpha value is -1.66. The van der Waals surface area contributed by atoms with E-state index in [0.29, 0.717) is 0 Å². The molecule has 0 saturated heterocycles. The second-order valence-electron chi connectivity index (χ2n) is 2.51. The van der Waals surface area contributed by atoms with Crippen molar-refractivity contribution < 1.29 is 12.8 Å². The van der Waals surface area contributed by atoms with Crippen molar-refractivity contribution in [1.29, 1.82) is 0 Å². The first-order valence-corrected chi connectivity index (χ1v) is 5.56. The maximum Gasteiger partial charge on any atom is 0.255 e. The van der Waals surface area contributed by atoms with Gasteiger partial charge < -0.3 is 4.42 Å². The van der Waals surface area contributed by atoms with Gasteiger partial charge in [0.2, 0.25) is 0 Å². The zero-order valence-electron chi connectivity index (χ0n) is 7.78. The van der Waals surface area contributed by atoms with Gasteiger partial charge in [0.05, 0.1) is 12.5 Å². The molecule has 0 bridgehead atoms. The number of aromatic nitrogens is 1. The van der Waals surface area contributed by atoms with Gasteiger partial charge >= 0.3 is 0 Å². The van der Waals surface area contributed by atoms with E-state index in [0.717, 1.165) is 0 Å². The Kier molecular flexibility index (Phi) is 4.02. The summed E-state index contributed by atoms with van der Waals surface area (Å²) in [6, 6.07) is 8.19. The van der Waals surface area contributed by atoms with Gasteiger partial charge in [0.1, 0.15) is 0 Å². The maximum absolute atomic E-state index is 10.5. The molecule has 0 amide bonds. The van der Waals surface area contributed by atoms with Crippen LogP contribution in [0.25, 0.3) is 0 Å². The molecule has 5 nitrogen and oxygen atoms in total. The number of sulfonamides is 1. The molecule has 0 atom stereocenters. The Morgan fingerprint density at radius 2 is 1.80 bits per heavy atom. The van der Waals surface area contributed by atoms with E-state index in [1.54, 1.807) is 24.7 Å². The molecule has 0 fully saturated rings. The van der Waals surface area contributed by atoms with Crippen LogP contribution in [0.3, 0.4) is 0 Å².